The first kappa shape index (κ1) is 24.2. The predicted octanol–water partition coefficient (Wildman–Crippen LogP) is 4.89. The summed E-state index contributed by atoms with van der Waals surface area (Å²) in [6.07, 6.45) is 1.61. The van der Waals surface area contributed by atoms with Crippen molar-refractivity contribution in [2.45, 2.75) is 13.5 Å². The van der Waals surface area contributed by atoms with Gasteiger partial charge < -0.3 is 19.5 Å². The van der Waals surface area contributed by atoms with Gasteiger partial charge in [0, 0.05) is 12.1 Å². The van der Waals surface area contributed by atoms with Crippen LogP contribution in [0.1, 0.15) is 23.6 Å². The fourth-order valence-electron chi connectivity index (χ4n) is 3.33. The highest BCUT2D eigenvalue weighted by Crippen LogP contribution is 2.38. The van der Waals surface area contributed by atoms with Crippen LogP contribution in [0.15, 0.2) is 88.0 Å². The zero-order valence-electron chi connectivity index (χ0n) is 19.0. The van der Waals surface area contributed by atoms with Crippen molar-refractivity contribution < 1.29 is 23.8 Å². The fraction of sp³-hybridized carbons (Fsp3) is 0.148. The number of hydrogen-bond acceptors (Lipinski definition) is 6. The zero-order valence-corrected chi connectivity index (χ0v) is 20.6. The van der Waals surface area contributed by atoms with Gasteiger partial charge in [-0.3, -0.25) is 4.79 Å². The van der Waals surface area contributed by atoms with Gasteiger partial charge in [-0.1, -0.05) is 48.5 Å². The van der Waals surface area contributed by atoms with Gasteiger partial charge in [0.05, 0.1) is 11.1 Å². The van der Waals surface area contributed by atoms with Crippen LogP contribution in [0.25, 0.3) is 6.08 Å². The van der Waals surface area contributed by atoms with Crippen molar-refractivity contribution >= 4 is 39.8 Å². The summed E-state index contributed by atoms with van der Waals surface area (Å²) in [6, 6.07) is 22.3. The molecule has 0 spiro atoms. The van der Waals surface area contributed by atoms with Crippen LogP contribution in [0.3, 0.4) is 0 Å². The van der Waals surface area contributed by atoms with Gasteiger partial charge in [0.25, 0.3) is 5.91 Å². The van der Waals surface area contributed by atoms with E-state index in [4.69, 9.17) is 14.2 Å². The minimum absolute atomic E-state index is 0.173. The van der Waals surface area contributed by atoms with Gasteiger partial charge in [-0.25, -0.2) is 9.79 Å². The predicted molar refractivity (Wildman–Crippen MR) is 136 cm³/mol. The van der Waals surface area contributed by atoms with Crippen LogP contribution in [0, 0.1) is 0 Å². The number of esters is 1. The second-order valence-electron chi connectivity index (χ2n) is 7.52. The van der Waals surface area contributed by atoms with Crippen molar-refractivity contribution in [3.63, 3.8) is 0 Å². The summed E-state index contributed by atoms with van der Waals surface area (Å²) in [7, 11) is 0. The molecule has 1 heterocycles. The molecule has 1 aliphatic heterocycles. The van der Waals surface area contributed by atoms with Crippen LogP contribution in [0.2, 0.25) is 0 Å². The number of halogens is 1. The molecule has 0 saturated heterocycles. The molecule has 0 bridgehead atoms. The maximum atomic E-state index is 12.3. The lowest BCUT2D eigenvalue weighted by atomic mass is 10.1. The highest BCUT2D eigenvalue weighted by atomic mass is 79.9. The van der Waals surface area contributed by atoms with Crippen LogP contribution in [0.4, 0.5) is 0 Å². The van der Waals surface area contributed by atoms with E-state index in [-0.39, 0.29) is 24.1 Å². The molecule has 1 N–H and O–H groups in total. The van der Waals surface area contributed by atoms with Gasteiger partial charge in [0.2, 0.25) is 5.90 Å². The number of benzene rings is 3. The number of cyclic esters (lactones) is 1. The molecule has 0 aromatic heterocycles. The summed E-state index contributed by atoms with van der Waals surface area (Å²) in [6.45, 7) is 2.47. The monoisotopic (exact) mass is 534 g/mol. The van der Waals surface area contributed by atoms with Crippen LogP contribution < -0.4 is 14.8 Å². The average Bonchev–Trinajstić information content (AvgIpc) is 3.23. The van der Waals surface area contributed by atoms with Crippen molar-refractivity contribution in [3.05, 3.63) is 99.7 Å². The number of carbonyl (C=O) groups is 2. The lowest BCUT2D eigenvalue weighted by Crippen LogP contribution is -2.28. The first-order chi connectivity index (χ1) is 17.0. The molecule has 0 unspecified atom stereocenters. The first-order valence-corrected chi connectivity index (χ1v) is 11.8. The van der Waals surface area contributed by atoms with E-state index >= 15 is 0 Å². The van der Waals surface area contributed by atoms with Crippen molar-refractivity contribution in [1.82, 2.24) is 5.32 Å². The fourth-order valence-corrected chi connectivity index (χ4v) is 3.90. The van der Waals surface area contributed by atoms with E-state index in [2.05, 4.69) is 26.2 Å². The Morgan fingerprint density at radius 2 is 1.77 bits per heavy atom. The molecular weight excluding hydrogens is 512 g/mol. The molecule has 0 atom stereocenters. The molecule has 0 saturated carbocycles. The molecular formula is C27H23BrN2O5. The molecule has 1 aliphatic rings. The molecule has 0 fully saturated rings. The van der Waals surface area contributed by atoms with E-state index in [1.807, 2.05) is 67.6 Å². The Hall–Kier alpha value is -3.91. The Balaban J connectivity index is 1.48. The summed E-state index contributed by atoms with van der Waals surface area (Å²) in [5.41, 5.74) is 2.55. The first-order valence-electron chi connectivity index (χ1n) is 11.0. The van der Waals surface area contributed by atoms with E-state index in [0.717, 1.165) is 11.1 Å². The summed E-state index contributed by atoms with van der Waals surface area (Å²) < 4.78 is 17.4. The number of nitrogens with zero attached hydrogens (tertiary/aromatic N) is 1. The Kier molecular flexibility index (Phi) is 7.95. The van der Waals surface area contributed by atoms with E-state index in [1.165, 1.54) is 0 Å². The summed E-state index contributed by atoms with van der Waals surface area (Å²) in [5, 5.41) is 2.83. The average molecular weight is 535 g/mol. The number of amides is 1. The molecule has 8 heteroatoms. The largest absolute Gasteiger partial charge is 0.490 e. The number of aliphatic imine (C=N–C) groups is 1. The third-order valence-electron chi connectivity index (χ3n) is 4.96. The highest BCUT2D eigenvalue weighted by Gasteiger charge is 2.24. The van der Waals surface area contributed by atoms with Gasteiger partial charge in [0.15, 0.2) is 23.8 Å². The molecule has 4 rings (SSSR count). The van der Waals surface area contributed by atoms with Crippen LogP contribution >= 0.6 is 15.9 Å². The summed E-state index contributed by atoms with van der Waals surface area (Å²) >= 11 is 3.49. The normalized spacial score (nSPS) is 13.8. The standard InChI is InChI=1S/C27H23BrN2O5/c1-2-33-23-15-19(14-22-27(32)35-26(30-22)20-11-7-4-8-12-20)13-21(28)25(23)34-17-24(31)29-16-18-9-5-3-6-10-18/h3-15H,2,16-17H2,1H3,(H,29,31)/b22-14+. The second kappa shape index (κ2) is 11.5. The highest BCUT2D eigenvalue weighted by molar-refractivity contribution is 9.10. The van der Waals surface area contributed by atoms with E-state index in [0.29, 0.717) is 34.7 Å². The molecule has 1 amide bonds. The third-order valence-corrected chi connectivity index (χ3v) is 5.55. The Morgan fingerprint density at radius 3 is 2.49 bits per heavy atom. The number of rotatable bonds is 9. The molecule has 3 aromatic carbocycles. The molecule has 0 aliphatic carbocycles. The molecule has 3 aromatic rings. The van der Waals surface area contributed by atoms with Crippen LogP contribution in [-0.2, 0) is 20.9 Å². The van der Waals surface area contributed by atoms with E-state index in [9.17, 15) is 9.59 Å². The number of carbonyl (C=O) groups excluding carboxylic acids is 2. The maximum Gasteiger partial charge on any atom is 0.363 e. The second-order valence-corrected chi connectivity index (χ2v) is 8.37. The maximum absolute atomic E-state index is 12.3. The Bertz CT molecular complexity index is 1270. The quantitative estimate of drug-likeness (QED) is 0.312. The SMILES string of the molecule is CCOc1cc(/C=C2/N=C(c3ccccc3)OC2=O)cc(Br)c1OCC(=O)NCc1ccccc1. The molecule has 0 radical (unpaired) electrons. The topological polar surface area (TPSA) is 86.2 Å². The van der Waals surface area contributed by atoms with Gasteiger partial charge in [0.1, 0.15) is 0 Å². The minimum Gasteiger partial charge on any atom is -0.490 e. The van der Waals surface area contributed by atoms with Crippen molar-refractivity contribution in [2.24, 2.45) is 4.99 Å². The lowest BCUT2D eigenvalue weighted by molar-refractivity contribution is -0.130. The molecule has 35 heavy (non-hydrogen) atoms. The Labute approximate surface area is 211 Å². The van der Waals surface area contributed by atoms with Gasteiger partial charge in [-0.05, 0) is 64.3 Å². The summed E-state index contributed by atoms with van der Waals surface area (Å²) in [4.78, 5) is 29.0. The molecule has 7 nitrogen and oxygen atoms in total. The number of ether oxygens (including phenoxy) is 3. The van der Waals surface area contributed by atoms with Crippen molar-refractivity contribution in [2.75, 3.05) is 13.2 Å². The van der Waals surface area contributed by atoms with Crippen molar-refractivity contribution in [1.29, 1.82) is 0 Å². The summed E-state index contributed by atoms with van der Waals surface area (Å²) in [5.74, 6) is 0.293. The van der Waals surface area contributed by atoms with Crippen LogP contribution in [0.5, 0.6) is 11.5 Å². The van der Waals surface area contributed by atoms with Crippen molar-refractivity contribution in [3.8, 4) is 11.5 Å². The Morgan fingerprint density at radius 1 is 1.06 bits per heavy atom. The number of hydrogen-bond donors (Lipinski definition) is 1. The van der Waals surface area contributed by atoms with Gasteiger partial charge in [-0.15, -0.1) is 0 Å². The molecule has 178 valence electrons. The minimum atomic E-state index is -0.534. The van der Waals surface area contributed by atoms with Crippen LogP contribution in [-0.4, -0.2) is 31.0 Å². The van der Waals surface area contributed by atoms with E-state index < -0.39 is 5.97 Å². The smallest absolute Gasteiger partial charge is 0.363 e. The lowest BCUT2D eigenvalue weighted by Gasteiger charge is -2.15. The number of nitrogens with one attached hydrogen (secondary N) is 1. The van der Waals surface area contributed by atoms with E-state index in [1.54, 1.807) is 18.2 Å². The van der Waals surface area contributed by atoms with Gasteiger partial charge >= 0.3 is 5.97 Å². The zero-order chi connectivity index (χ0) is 24.6. The third kappa shape index (κ3) is 6.36. The van der Waals surface area contributed by atoms with Gasteiger partial charge in [-0.2, -0.15) is 0 Å².